The number of anilines is 2. The van der Waals surface area contributed by atoms with Crippen LogP contribution in [0.3, 0.4) is 0 Å². The summed E-state index contributed by atoms with van der Waals surface area (Å²) in [5.41, 5.74) is 5.53. The van der Waals surface area contributed by atoms with Crippen molar-refractivity contribution in [1.82, 2.24) is 20.1 Å². The van der Waals surface area contributed by atoms with Gasteiger partial charge in [0.05, 0.1) is 10.4 Å². The van der Waals surface area contributed by atoms with Gasteiger partial charge in [0.15, 0.2) is 5.82 Å². The summed E-state index contributed by atoms with van der Waals surface area (Å²) >= 11 is 0. The van der Waals surface area contributed by atoms with Gasteiger partial charge < -0.3 is 15.2 Å². The van der Waals surface area contributed by atoms with E-state index in [1.807, 2.05) is 24.3 Å². The number of aliphatic carboxylic acids is 1. The number of carbonyl (C=O) groups excluding carboxylic acids is 1. The molecule has 16 heteroatoms. The van der Waals surface area contributed by atoms with Crippen molar-refractivity contribution in [3.05, 3.63) is 54.6 Å². The zero-order valence-electron chi connectivity index (χ0n) is 25.0. The third kappa shape index (κ3) is 11.7. The van der Waals surface area contributed by atoms with Gasteiger partial charge in [-0.3, -0.25) is 5.43 Å². The maximum Gasteiger partial charge on any atom is 0.490 e. The predicted octanol–water partition coefficient (Wildman–Crippen LogP) is 5.31. The molecule has 1 amide bonds. The highest BCUT2D eigenvalue weighted by molar-refractivity contribution is 7.89. The quantitative estimate of drug-likeness (QED) is 0.190. The molecule has 1 aliphatic carbocycles. The first kappa shape index (κ1) is 35.3. The Morgan fingerprint density at radius 2 is 1.47 bits per heavy atom. The fraction of sp³-hybridized carbons (Fsp3) is 0.448. The van der Waals surface area contributed by atoms with Crippen molar-refractivity contribution < 1.29 is 41.0 Å². The minimum Gasteiger partial charge on any atom is -0.475 e. The van der Waals surface area contributed by atoms with Crippen LogP contribution >= 0.6 is 0 Å². The Hall–Kier alpha value is -4.18. The van der Waals surface area contributed by atoms with Gasteiger partial charge in [0, 0.05) is 18.5 Å². The van der Waals surface area contributed by atoms with Gasteiger partial charge in [-0.1, -0.05) is 30.3 Å². The average molecular weight is 655 g/mol. The number of carbonyl (C=O) groups is 2. The van der Waals surface area contributed by atoms with E-state index in [4.69, 9.17) is 14.6 Å². The van der Waals surface area contributed by atoms with E-state index in [1.54, 1.807) is 51.1 Å². The summed E-state index contributed by atoms with van der Waals surface area (Å²) in [6, 6.07) is 16.0. The lowest BCUT2D eigenvalue weighted by Crippen LogP contribution is -2.36. The summed E-state index contributed by atoms with van der Waals surface area (Å²) in [4.78, 5) is 30.5. The molecule has 1 aromatic heterocycles. The maximum absolute atomic E-state index is 12.5. The van der Waals surface area contributed by atoms with Crippen molar-refractivity contribution in [1.29, 1.82) is 0 Å². The molecule has 2 aromatic carbocycles. The largest absolute Gasteiger partial charge is 0.490 e. The molecule has 1 saturated carbocycles. The normalized spacial score (nSPS) is 17.0. The number of amides is 1. The lowest BCUT2D eigenvalue weighted by molar-refractivity contribution is -0.192. The number of hydrogen-bond acceptors (Lipinski definition) is 9. The van der Waals surface area contributed by atoms with Gasteiger partial charge in [-0.2, -0.15) is 18.2 Å². The molecule has 0 radical (unpaired) electrons. The zero-order chi connectivity index (χ0) is 33.3. The molecular weight excluding hydrogens is 617 g/mol. The average Bonchev–Trinajstić information content (AvgIpc) is 2.98. The van der Waals surface area contributed by atoms with Gasteiger partial charge in [0.1, 0.15) is 5.60 Å². The predicted molar refractivity (Wildman–Crippen MR) is 162 cm³/mol. The van der Waals surface area contributed by atoms with Crippen LogP contribution in [0.15, 0.2) is 59.5 Å². The first-order chi connectivity index (χ1) is 21.0. The van der Waals surface area contributed by atoms with Crippen LogP contribution < -0.4 is 20.9 Å². The van der Waals surface area contributed by atoms with Crippen molar-refractivity contribution in [3.8, 4) is 0 Å². The summed E-state index contributed by atoms with van der Waals surface area (Å²) in [6.07, 6.45) is -1.80. The number of aromatic nitrogens is 2. The van der Waals surface area contributed by atoms with Crippen LogP contribution in [0, 0.1) is 11.8 Å². The van der Waals surface area contributed by atoms with E-state index in [2.05, 4.69) is 30.9 Å². The van der Waals surface area contributed by atoms with E-state index in [1.165, 1.54) is 0 Å². The van der Waals surface area contributed by atoms with Gasteiger partial charge in [0.25, 0.3) is 0 Å². The molecular formula is C29H37F3N6O6S. The first-order valence-corrected chi connectivity index (χ1v) is 15.6. The molecule has 246 valence electrons. The Bertz CT molecular complexity index is 1540. The van der Waals surface area contributed by atoms with Crippen molar-refractivity contribution in [3.63, 3.8) is 0 Å². The van der Waals surface area contributed by atoms with Gasteiger partial charge in [-0.05, 0) is 82.6 Å². The fourth-order valence-electron chi connectivity index (χ4n) is 4.45. The molecule has 0 bridgehead atoms. The molecule has 3 aromatic rings. The molecule has 4 rings (SSSR count). The second-order valence-corrected chi connectivity index (χ2v) is 13.2. The number of carboxylic acids is 1. The van der Waals surface area contributed by atoms with Crippen LogP contribution in [-0.2, 0) is 19.6 Å². The summed E-state index contributed by atoms with van der Waals surface area (Å²) in [7, 11) is -3.48. The zero-order valence-corrected chi connectivity index (χ0v) is 25.8. The van der Waals surface area contributed by atoms with E-state index >= 15 is 0 Å². The van der Waals surface area contributed by atoms with Crippen LogP contribution in [0.1, 0.15) is 46.5 Å². The summed E-state index contributed by atoms with van der Waals surface area (Å²) in [5.74, 6) is -1.07. The van der Waals surface area contributed by atoms with Crippen LogP contribution in [0.25, 0.3) is 10.9 Å². The van der Waals surface area contributed by atoms with Crippen LogP contribution in [0.5, 0.6) is 0 Å². The molecule has 0 aliphatic heterocycles. The van der Waals surface area contributed by atoms with Crippen molar-refractivity contribution >= 4 is 44.8 Å². The molecule has 1 heterocycles. The maximum atomic E-state index is 12.5. The monoisotopic (exact) mass is 654 g/mol. The number of carboxylic acid groups (broad SMARTS) is 1. The number of alkyl halides is 3. The molecule has 0 saturated heterocycles. The van der Waals surface area contributed by atoms with Crippen molar-refractivity contribution in [2.75, 3.05) is 23.8 Å². The van der Waals surface area contributed by atoms with Crippen molar-refractivity contribution in [2.24, 2.45) is 11.8 Å². The third-order valence-corrected chi connectivity index (χ3v) is 8.10. The molecule has 45 heavy (non-hydrogen) atoms. The SMILES string of the molecule is CC(C)(C)OC(=O)NNc1nc(NCC2CCC(CNS(=O)(=O)c3ccccc3)CC2)nc2ccccc12.O=C(O)C(F)(F)F. The number of sulfonamides is 1. The molecule has 12 nitrogen and oxygen atoms in total. The Balaban J connectivity index is 0.000000707. The Morgan fingerprint density at radius 3 is 2.04 bits per heavy atom. The summed E-state index contributed by atoms with van der Waals surface area (Å²) in [5, 5.41) is 11.2. The third-order valence-electron chi connectivity index (χ3n) is 6.66. The number of para-hydroxylation sites is 1. The number of nitrogens with one attached hydrogen (secondary N) is 4. The molecule has 5 N–H and O–H groups in total. The summed E-state index contributed by atoms with van der Waals surface area (Å²) in [6.45, 7) is 6.55. The summed E-state index contributed by atoms with van der Waals surface area (Å²) < 4.78 is 64.8. The van der Waals surface area contributed by atoms with Crippen LogP contribution in [0.4, 0.5) is 29.7 Å². The minimum atomic E-state index is -5.08. The number of hydrogen-bond donors (Lipinski definition) is 5. The Kier molecular flexibility index (Phi) is 11.9. The van der Waals surface area contributed by atoms with Gasteiger partial charge in [-0.15, -0.1) is 0 Å². The number of nitrogens with zero attached hydrogens (tertiary/aromatic N) is 2. The molecule has 1 aliphatic rings. The van der Waals surface area contributed by atoms with E-state index < -0.39 is 33.9 Å². The molecule has 0 spiro atoms. The molecule has 0 unspecified atom stereocenters. The van der Waals surface area contributed by atoms with Gasteiger partial charge >= 0.3 is 18.2 Å². The van der Waals surface area contributed by atoms with E-state index in [0.29, 0.717) is 41.6 Å². The van der Waals surface area contributed by atoms with E-state index in [-0.39, 0.29) is 0 Å². The number of ether oxygens (including phenoxy) is 1. The highest BCUT2D eigenvalue weighted by atomic mass is 32.2. The van der Waals surface area contributed by atoms with Crippen molar-refractivity contribution in [2.45, 2.75) is 63.1 Å². The van der Waals surface area contributed by atoms with E-state index in [9.17, 15) is 26.4 Å². The second-order valence-electron chi connectivity index (χ2n) is 11.4. The van der Waals surface area contributed by atoms with Crippen LogP contribution in [0.2, 0.25) is 0 Å². The number of hydrazine groups is 1. The Morgan fingerprint density at radius 1 is 0.911 bits per heavy atom. The number of fused-ring (bicyclic) bond motifs is 1. The smallest absolute Gasteiger partial charge is 0.475 e. The van der Waals surface area contributed by atoms with Crippen LogP contribution in [-0.4, -0.2) is 60.4 Å². The highest BCUT2D eigenvalue weighted by Gasteiger charge is 2.38. The first-order valence-electron chi connectivity index (χ1n) is 14.1. The Labute approximate surface area is 259 Å². The van der Waals surface area contributed by atoms with E-state index in [0.717, 1.165) is 36.6 Å². The lowest BCUT2D eigenvalue weighted by atomic mass is 9.82. The minimum absolute atomic E-state index is 0.295. The topological polar surface area (TPSA) is 172 Å². The van der Waals surface area contributed by atoms with Gasteiger partial charge in [0.2, 0.25) is 16.0 Å². The highest BCUT2D eigenvalue weighted by Crippen LogP contribution is 2.29. The number of halogens is 3. The molecule has 1 fully saturated rings. The lowest BCUT2D eigenvalue weighted by Gasteiger charge is -2.28. The fourth-order valence-corrected chi connectivity index (χ4v) is 5.59. The number of rotatable bonds is 9. The number of benzene rings is 2. The second kappa shape index (κ2) is 15.2. The van der Waals surface area contributed by atoms with Gasteiger partial charge in [-0.25, -0.2) is 33.1 Å². The standard InChI is InChI=1S/C27H36N6O4S.C2HF3O2/c1-27(2,3)37-26(34)33-32-24-22-11-7-8-12-23(22)30-25(31-24)28-17-19-13-15-20(16-14-19)18-29-38(35,36)21-9-5-4-6-10-21;3-2(4,5)1(6)7/h4-12,19-20,29H,13-18H2,1-3H3,(H,33,34)(H2,28,30,31,32);(H,6,7). The molecule has 0 atom stereocenters.